The molecule has 0 aliphatic heterocycles. The minimum absolute atomic E-state index is 0.0698. The van der Waals surface area contributed by atoms with Gasteiger partial charge in [-0.3, -0.25) is 4.79 Å². The van der Waals surface area contributed by atoms with E-state index in [-0.39, 0.29) is 16.8 Å². The summed E-state index contributed by atoms with van der Waals surface area (Å²) in [5, 5.41) is 26.5. The van der Waals surface area contributed by atoms with Crippen molar-refractivity contribution in [1.82, 2.24) is 0 Å². The fourth-order valence-corrected chi connectivity index (χ4v) is 0.853. The van der Waals surface area contributed by atoms with E-state index >= 15 is 0 Å². The molecule has 0 unspecified atom stereocenters. The largest absolute Gasteiger partial charge is 0.508 e. The molecule has 4 nitrogen and oxygen atoms in total. The summed E-state index contributed by atoms with van der Waals surface area (Å²) in [6.45, 7) is 0. The van der Waals surface area contributed by atoms with Gasteiger partial charge in [0.15, 0.2) is 0 Å². The SMILES string of the molecule is O=Cc1ccc(O)c(B(O)O)c1. The van der Waals surface area contributed by atoms with Gasteiger partial charge in [0.2, 0.25) is 0 Å². The molecule has 0 aliphatic carbocycles. The first-order valence-electron chi connectivity index (χ1n) is 3.29. The maximum atomic E-state index is 10.2. The Kier molecular flexibility index (Phi) is 2.47. The van der Waals surface area contributed by atoms with Crippen molar-refractivity contribution in [2.24, 2.45) is 0 Å². The molecule has 0 aliphatic rings. The Morgan fingerprint density at radius 3 is 2.50 bits per heavy atom. The Labute approximate surface area is 69.2 Å². The fourth-order valence-electron chi connectivity index (χ4n) is 0.853. The van der Waals surface area contributed by atoms with Gasteiger partial charge < -0.3 is 15.2 Å². The number of hydrogen-bond acceptors (Lipinski definition) is 4. The Bertz CT molecular complexity index is 297. The minimum Gasteiger partial charge on any atom is -0.508 e. The summed E-state index contributed by atoms with van der Waals surface area (Å²) in [7, 11) is -1.76. The van der Waals surface area contributed by atoms with Crippen molar-refractivity contribution < 1.29 is 19.9 Å². The summed E-state index contributed by atoms with van der Waals surface area (Å²) in [6, 6.07) is 3.83. The van der Waals surface area contributed by atoms with Crippen LogP contribution in [-0.4, -0.2) is 28.6 Å². The Morgan fingerprint density at radius 2 is 2.00 bits per heavy atom. The number of phenols is 1. The smallest absolute Gasteiger partial charge is 0.492 e. The Balaban J connectivity index is 3.16. The number of benzene rings is 1. The van der Waals surface area contributed by atoms with E-state index in [1.807, 2.05) is 0 Å². The summed E-state index contributed by atoms with van der Waals surface area (Å²) in [4.78, 5) is 10.2. The summed E-state index contributed by atoms with van der Waals surface area (Å²) in [6.07, 6.45) is 0.561. The second-order valence-corrected chi connectivity index (χ2v) is 2.31. The van der Waals surface area contributed by atoms with Gasteiger partial charge >= 0.3 is 7.12 Å². The predicted molar refractivity (Wildman–Crippen MR) is 43.3 cm³/mol. The highest BCUT2D eigenvalue weighted by atomic mass is 16.4. The monoisotopic (exact) mass is 166 g/mol. The van der Waals surface area contributed by atoms with Crippen molar-refractivity contribution >= 4 is 18.9 Å². The summed E-state index contributed by atoms with van der Waals surface area (Å²) in [5.74, 6) is -0.240. The van der Waals surface area contributed by atoms with E-state index in [0.29, 0.717) is 6.29 Å². The number of carbonyl (C=O) groups is 1. The molecule has 0 spiro atoms. The first-order valence-corrected chi connectivity index (χ1v) is 3.29. The normalized spacial score (nSPS) is 9.50. The molecule has 0 bridgehead atoms. The van der Waals surface area contributed by atoms with Gasteiger partial charge in [0.05, 0.1) is 0 Å². The lowest BCUT2D eigenvalue weighted by Crippen LogP contribution is -2.30. The van der Waals surface area contributed by atoms with Crippen LogP contribution in [-0.2, 0) is 0 Å². The van der Waals surface area contributed by atoms with E-state index in [1.54, 1.807) is 0 Å². The van der Waals surface area contributed by atoms with Crippen molar-refractivity contribution in [3.05, 3.63) is 23.8 Å². The third-order valence-corrected chi connectivity index (χ3v) is 1.47. The lowest BCUT2D eigenvalue weighted by atomic mass is 9.79. The van der Waals surface area contributed by atoms with Crippen LogP contribution >= 0.6 is 0 Å². The molecule has 1 rings (SSSR count). The number of rotatable bonds is 2. The van der Waals surface area contributed by atoms with Crippen molar-refractivity contribution in [2.45, 2.75) is 0 Å². The predicted octanol–water partition coefficient (Wildman–Crippen LogP) is -1.12. The van der Waals surface area contributed by atoms with E-state index in [9.17, 15) is 4.79 Å². The average molecular weight is 166 g/mol. The molecule has 0 heterocycles. The van der Waals surface area contributed by atoms with Crippen LogP contribution in [0.25, 0.3) is 0 Å². The van der Waals surface area contributed by atoms with E-state index in [2.05, 4.69) is 0 Å². The van der Waals surface area contributed by atoms with Crippen molar-refractivity contribution in [3.63, 3.8) is 0 Å². The van der Waals surface area contributed by atoms with Gasteiger partial charge in [-0.2, -0.15) is 0 Å². The van der Waals surface area contributed by atoms with Crippen LogP contribution in [0.15, 0.2) is 18.2 Å². The molecule has 0 fully saturated rings. The number of aromatic hydroxyl groups is 1. The Morgan fingerprint density at radius 1 is 1.33 bits per heavy atom. The zero-order valence-corrected chi connectivity index (χ0v) is 6.14. The van der Waals surface area contributed by atoms with Crippen LogP contribution in [0, 0.1) is 0 Å². The van der Waals surface area contributed by atoms with Gasteiger partial charge in [-0.05, 0) is 18.2 Å². The second kappa shape index (κ2) is 3.38. The topological polar surface area (TPSA) is 77.8 Å². The molecular weight excluding hydrogens is 159 g/mol. The first-order chi connectivity index (χ1) is 5.65. The number of phenolic OH excluding ortho intramolecular Hbond substituents is 1. The molecule has 5 heteroatoms. The zero-order chi connectivity index (χ0) is 9.14. The molecular formula is C7H7BO4. The van der Waals surface area contributed by atoms with Crippen molar-refractivity contribution in [3.8, 4) is 5.75 Å². The van der Waals surface area contributed by atoms with Crippen LogP contribution in [0.1, 0.15) is 10.4 Å². The third-order valence-electron chi connectivity index (χ3n) is 1.47. The van der Waals surface area contributed by atoms with E-state index in [0.717, 1.165) is 0 Å². The van der Waals surface area contributed by atoms with Gasteiger partial charge in [-0.15, -0.1) is 0 Å². The third kappa shape index (κ3) is 1.64. The maximum absolute atomic E-state index is 10.2. The second-order valence-electron chi connectivity index (χ2n) is 2.31. The molecule has 1 aromatic carbocycles. The van der Waals surface area contributed by atoms with E-state index in [1.165, 1.54) is 18.2 Å². The Hall–Kier alpha value is -1.33. The van der Waals surface area contributed by atoms with Crippen LogP contribution in [0.4, 0.5) is 0 Å². The highest BCUT2D eigenvalue weighted by Gasteiger charge is 2.15. The molecule has 0 amide bonds. The van der Waals surface area contributed by atoms with E-state index in [4.69, 9.17) is 15.2 Å². The molecule has 0 aromatic heterocycles. The first kappa shape index (κ1) is 8.77. The number of aldehydes is 1. The van der Waals surface area contributed by atoms with Gasteiger partial charge in [-0.25, -0.2) is 0 Å². The quantitative estimate of drug-likeness (QED) is 0.384. The van der Waals surface area contributed by atoms with Crippen LogP contribution in [0.3, 0.4) is 0 Å². The van der Waals surface area contributed by atoms with Crippen molar-refractivity contribution in [1.29, 1.82) is 0 Å². The van der Waals surface area contributed by atoms with Gasteiger partial charge in [0.1, 0.15) is 12.0 Å². The van der Waals surface area contributed by atoms with Gasteiger partial charge in [0.25, 0.3) is 0 Å². The summed E-state index contributed by atoms with van der Waals surface area (Å²) >= 11 is 0. The summed E-state index contributed by atoms with van der Waals surface area (Å²) in [5.41, 5.74) is 0.218. The molecule has 3 N–H and O–H groups in total. The maximum Gasteiger partial charge on any atom is 0.492 e. The number of hydrogen-bond donors (Lipinski definition) is 3. The molecule has 0 atom stereocenters. The highest BCUT2D eigenvalue weighted by molar-refractivity contribution is 6.59. The fraction of sp³-hybridized carbons (Fsp3) is 0. The molecule has 1 aromatic rings. The number of carbonyl (C=O) groups excluding carboxylic acids is 1. The van der Waals surface area contributed by atoms with Crippen molar-refractivity contribution in [2.75, 3.05) is 0 Å². The molecule has 0 saturated carbocycles. The van der Waals surface area contributed by atoms with Gasteiger partial charge in [0, 0.05) is 11.0 Å². The molecule has 62 valence electrons. The minimum atomic E-state index is -1.76. The molecule has 0 radical (unpaired) electrons. The zero-order valence-electron chi connectivity index (χ0n) is 6.14. The standard InChI is InChI=1S/C7H7BO4/c9-4-5-1-2-7(10)6(3-5)8(11)12/h1-4,10-12H. The van der Waals surface area contributed by atoms with Crippen LogP contribution in [0.2, 0.25) is 0 Å². The lowest BCUT2D eigenvalue weighted by Gasteiger charge is -2.02. The lowest BCUT2D eigenvalue weighted by molar-refractivity contribution is 0.112. The molecule has 0 saturated heterocycles. The van der Waals surface area contributed by atoms with Crippen LogP contribution in [0.5, 0.6) is 5.75 Å². The average Bonchev–Trinajstić information content (AvgIpc) is 2.05. The summed E-state index contributed by atoms with van der Waals surface area (Å²) < 4.78 is 0. The van der Waals surface area contributed by atoms with E-state index < -0.39 is 7.12 Å². The highest BCUT2D eigenvalue weighted by Crippen LogP contribution is 2.06. The van der Waals surface area contributed by atoms with Gasteiger partial charge in [-0.1, -0.05) is 0 Å². The molecule has 12 heavy (non-hydrogen) atoms. The van der Waals surface area contributed by atoms with Crippen LogP contribution < -0.4 is 5.46 Å².